The summed E-state index contributed by atoms with van der Waals surface area (Å²) in [6, 6.07) is 6.27. The number of amides is 2. The van der Waals surface area contributed by atoms with Crippen LogP contribution in [0.3, 0.4) is 0 Å². The Hall–Kier alpha value is -3.11. The number of hydrogen-bond donors (Lipinski definition) is 1. The zero-order valence-electron chi connectivity index (χ0n) is 16.6. The van der Waals surface area contributed by atoms with E-state index in [9.17, 15) is 19.2 Å². The minimum Gasteiger partial charge on any atom is -0.450 e. The molecule has 0 fully saturated rings. The van der Waals surface area contributed by atoms with Crippen LogP contribution in [0.15, 0.2) is 33.9 Å². The number of nitrogens with zero attached hydrogens (tertiary/aromatic N) is 3. The maximum Gasteiger partial charge on any atom is 0.410 e. The second-order valence-corrected chi connectivity index (χ2v) is 8.53. The molecule has 1 aliphatic heterocycles. The molecule has 2 N–H and O–H groups in total. The summed E-state index contributed by atoms with van der Waals surface area (Å²) < 4.78 is 7.31. The summed E-state index contributed by atoms with van der Waals surface area (Å²) in [7, 11) is 0. The largest absolute Gasteiger partial charge is 0.450 e. The summed E-state index contributed by atoms with van der Waals surface area (Å²) in [5, 5.41) is 0.821. The van der Waals surface area contributed by atoms with E-state index < -0.39 is 23.2 Å². The molecule has 0 unspecified atom stereocenters. The normalized spacial score (nSPS) is 13.3. The highest BCUT2D eigenvalue weighted by Crippen LogP contribution is 2.33. The molecule has 3 heterocycles. The van der Waals surface area contributed by atoms with E-state index in [4.69, 9.17) is 22.1 Å². The van der Waals surface area contributed by atoms with E-state index in [0.717, 1.165) is 15.0 Å². The number of nitrogens with two attached hydrogens (primary N) is 1. The Kier molecular flexibility index (Phi) is 5.59. The van der Waals surface area contributed by atoms with Crippen LogP contribution in [0, 0.1) is 0 Å². The van der Waals surface area contributed by atoms with Gasteiger partial charge in [-0.05, 0) is 43.2 Å². The highest BCUT2D eigenvalue weighted by Gasteiger charge is 2.29. The molecule has 1 aromatic carbocycles. The number of benzene rings is 1. The molecule has 162 valence electrons. The molecular weight excluding hydrogens is 444 g/mol. The van der Waals surface area contributed by atoms with Crippen molar-refractivity contribution < 1.29 is 14.3 Å². The van der Waals surface area contributed by atoms with E-state index in [2.05, 4.69) is 0 Å². The number of aromatic nitrogens is 2. The Morgan fingerprint density at radius 1 is 1.23 bits per heavy atom. The molecule has 4 rings (SSSR count). The second kappa shape index (κ2) is 8.20. The minimum absolute atomic E-state index is 0.262. The maximum atomic E-state index is 13.4. The average Bonchev–Trinajstić information content (AvgIpc) is 3.11. The van der Waals surface area contributed by atoms with Crippen molar-refractivity contribution in [2.75, 3.05) is 13.2 Å². The summed E-state index contributed by atoms with van der Waals surface area (Å²) in [5.74, 6) is -0.704. The van der Waals surface area contributed by atoms with Crippen LogP contribution in [-0.2, 0) is 29.0 Å². The van der Waals surface area contributed by atoms with Gasteiger partial charge in [-0.15, -0.1) is 11.3 Å². The highest BCUT2D eigenvalue weighted by molar-refractivity contribution is 7.18. The maximum absolute atomic E-state index is 13.4. The van der Waals surface area contributed by atoms with Crippen LogP contribution in [0.25, 0.3) is 15.9 Å². The van der Waals surface area contributed by atoms with Crippen LogP contribution in [0.5, 0.6) is 0 Å². The van der Waals surface area contributed by atoms with Crippen LogP contribution in [-0.4, -0.2) is 39.2 Å². The lowest BCUT2D eigenvalue weighted by molar-refractivity contribution is -0.118. The third-order valence-corrected chi connectivity index (χ3v) is 6.54. The van der Waals surface area contributed by atoms with E-state index in [1.807, 2.05) is 0 Å². The predicted molar refractivity (Wildman–Crippen MR) is 117 cm³/mol. The number of primary amides is 1. The molecule has 0 saturated heterocycles. The lowest BCUT2D eigenvalue weighted by Crippen LogP contribution is -2.41. The topological polar surface area (TPSA) is 117 Å². The smallest absolute Gasteiger partial charge is 0.410 e. The molecule has 2 amide bonds. The van der Waals surface area contributed by atoms with Gasteiger partial charge in [-0.2, -0.15) is 0 Å². The zero-order valence-corrected chi connectivity index (χ0v) is 18.2. The summed E-state index contributed by atoms with van der Waals surface area (Å²) >= 11 is 7.15. The fraction of sp³-hybridized carbons (Fsp3) is 0.300. The third-order valence-electron chi connectivity index (χ3n) is 5.05. The zero-order chi connectivity index (χ0) is 22.3. The fourth-order valence-corrected chi connectivity index (χ4v) is 5.16. The summed E-state index contributed by atoms with van der Waals surface area (Å²) in [4.78, 5) is 53.2. The monoisotopic (exact) mass is 462 g/mol. The SMILES string of the molecule is CCOC(=O)N1CCc2c(sc3c2c(=O)n(-c2ccc(Cl)cc2)c(=O)n3CC(N)=O)C1. The Bertz CT molecular complexity index is 1310. The molecule has 9 nitrogen and oxygen atoms in total. The first-order valence-electron chi connectivity index (χ1n) is 9.57. The number of ether oxygens (including phenoxy) is 1. The quantitative estimate of drug-likeness (QED) is 0.635. The number of hydrogen-bond acceptors (Lipinski definition) is 6. The number of rotatable bonds is 4. The van der Waals surface area contributed by atoms with Gasteiger partial charge in [0.25, 0.3) is 5.56 Å². The summed E-state index contributed by atoms with van der Waals surface area (Å²) in [6.07, 6.45) is -0.00241. The van der Waals surface area contributed by atoms with Crippen molar-refractivity contribution in [1.82, 2.24) is 14.0 Å². The average molecular weight is 463 g/mol. The Balaban J connectivity index is 1.95. The molecule has 0 spiro atoms. The van der Waals surface area contributed by atoms with Gasteiger partial charge in [0.2, 0.25) is 5.91 Å². The molecule has 0 radical (unpaired) electrons. The van der Waals surface area contributed by atoms with E-state index >= 15 is 0 Å². The van der Waals surface area contributed by atoms with Gasteiger partial charge < -0.3 is 15.4 Å². The second-order valence-electron chi connectivity index (χ2n) is 7.01. The van der Waals surface area contributed by atoms with Crippen LogP contribution in [0.2, 0.25) is 5.02 Å². The standard InChI is InChI=1S/C20H19ClN4O5S/c1-2-30-20(29)23-8-7-13-14(9-23)31-18-16(13)17(27)25(12-5-3-11(21)4-6-12)19(28)24(18)10-15(22)26/h3-6H,2,7-10H2,1H3,(H2,22,26). The molecule has 1 aliphatic rings. The molecule has 0 atom stereocenters. The molecule has 2 aromatic heterocycles. The minimum atomic E-state index is -0.704. The predicted octanol–water partition coefficient (Wildman–Crippen LogP) is 1.87. The number of thiophene rings is 1. The van der Waals surface area contributed by atoms with Crippen molar-refractivity contribution in [3.8, 4) is 5.69 Å². The van der Waals surface area contributed by atoms with Crippen LogP contribution < -0.4 is 17.0 Å². The Labute approximate surface area is 185 Å². The highest BCUT2D eigenvalue weighted by atomic mass is 35.5. The molecule has 0 saturated carbocycles. The van der Waals surface area contributed by atoms with E-state index in [1.165, 1.54) is 15.9 Å². The molecule has 11 heteroatoms. The van der Waals surface area contributed by atoms with Crippen LogP contribution in [0.4, 0.5) is 4.79 Å². The number of carbonyl (C=O) groups excluding carboxylic acids is 2. The van der Waals surface area contributed by atoms with Crippen molar-refractivity contribution in [3.05, 3.63) is 60.6 Å². The van der Waals surface area contributed by atoms with Crippen LogP contribution >= 0.6 is 22.9 Å². The first kappa shape index (κ1) is 21.1. The summed E-state index contributed by atoms with van der Waals surface area (Å²) in [5.41, 5.74) is 5.34. The van der Waals surface area contributed by atoms with Crippen molar-refractivity contribution in [2.24, 2.45) is 5.73 Å². The van der Waals surface area contributed by atoms with Crippen molar-refractivity contribution >= 4 is 45.2 Å². The number of halogens is 1. The Morgan fingerprint density at radius 2 is 1.94 bits per heavy atom. The molecule has 3 aromatic rings. The van der Waals surface area contributed by atoms with Gasteiger partial charge >= 0.3 is 11.8 Å². The van der Waals surface area contributed by atoms with E-state index in [1.54, 1.807) is 36.1 Å². The van der Waals surface area contributed by atoms with Gasteiger partial charge in [0.15, 0.2) is 0 Å². The van der Waals surface area contributed by atoms with Crippen molar-refractivity contribution in [3.63, 3.8) is 0 Å². The van der Waals surface area contributed by atoms with Crippen LogP contribution in [0.1, 0.15) is 17.4 Å². The third kappa shape index (κ3) is 3.72. The van der Waals surface area contributed by atoms with Gasteiger partial charge in [-0.3, -0.25) is 14.2 Å². The molecule has 31 heavy (non-hydrogen) atoms. The summed E-state index contributed by atoms with van der Waals surface area (Å²) in [6.45, 7) is 2.27. The first-order chi connectivity index (χ1) is 14.8. The van der Waals surface area contributed by atoms with Gasteiger partial charge in [0.05, 0.1) is 24.2 Å². The van der Waals surface area contributed by atoms with Gasteiger partial charge in [-0.25, -0.2) is 14.2 Å². The molecule has 0 aliphatic carbocycles. The van der Waals surface area contributed by atoms with Gasteiger partial charge in [0.1, 0.15) is 11.4 Å². The van der Waals surface area contributed by atoms with E-state index in [-0.39, 0.29) is 19.7 Å². The van der Waals surface area contributed by atoms with Gasteiger partial charge in [-0.1, -0.05) is 11.6 Å². The number of fused-ring (bicyclic) bond motifs is 3. The molecule has 0 bridgehead atoms. The fourth-order valence-electron chi connectivity index (χ4n) is 3.69. The van der Waals surface area contributed by atoms with Crippen molar-refractivity contribution in [2.45, 2.75) is 26.4 Å². The van der Waals surface area contributed by atoms with E-state index in [0.29, 0.717) is 33.9 Å². The Morgan fingerprint density at radius 3 is 2.58 bits per heavy atom. The van der Waals surface area contributed by atoms with Gasteiger partial charge in [0, 0.05) is 16.4 Å². The lowest BCUT2D eigenvalue weighted by atomic mass is 10.1. The lowest BCUT2D eigenvalue weighted by Gasteiger charge is -2.25. The number of carbonyl (C=O) groups is 2. The molecular formula is C20H19ClN4O5S. The van der Waals surface area contributed by atoms with Crippen molar-refractivity contribution in [1.29, 1.82) is 0 Å². The first-order valence-corrected chi connectivity index (χ1v) is 10.8.